The highest BCUT2D eigenvalue weighted by atomic mass is 16.5. The van der Waals surface area contributed by atoms with E-state index in [0.29, 0.717) is 6.54 Å². The first-order valence-electron chi connectivity index (χ1n) is 11.3. The van der Waals surface area contributed by atoms with Crippen molar-refractivity contribution in [3.63, 3.8) is 0 Å². The van der Waals surface area contributed by atoms with E-state index in [-0.39, 0.29) is 11.9 Å². The number of H-pyrrole nitrogens is 1. The van der Waals surface area contributed by atoms with Crippen LogP contribution in [0.1, 0.15) is 39.0 Å². The lowest BCUT2D eigenvalue weighted by Gasteiger charge is -2.26. The number of aromatic nitrogens is 1. The van der Waals surface area contributed by atoms with Gasteiger partial charge in [-0.3, -0.25) is 4.79 Å². The summed E-state index contributed by atoms with van der Waals surface area (Å²) in [5.74, 6) is 2.40. The number of aryl methyl sites for hydroxylation is 1. The second-order valence-electron chi connectivity index (χ2n) is 8.63. The molecule has 168 valence electrons. The van der Waals surface area contributed by atoms with Crippen LogP contribution in [0.15, 0.2) is 89.3 Å². The zero-order valence-electron chi connectivity index (χ0n) is 19.0. The van der Waals surface area contributed by atoms with E-state index in [1.54, 1.807) is 7.11 Å². The number of rotatable bonds is 5. The van der Waals surface area contributed by atoms with Crippen molar-refractivity contribution in [1.82, 2.24) is 9.88 Å². The molecule has 1 aliphatic rings. The summed E-state index contributed by atoms with van der Waals surface area (Å²) < 4.78 is 11.4. The Morgan fingerprint density at radius 1 is 0.971 bits per heavy atom. The molecule has 2 aromatic heterocycles. The summed E-state index contributed by atoms with van der Waals surface area (Å²) in [6.07, 6.45) is 0. The molecule has 0 saturated heterocycles. The number of hydrogen-bond acceptors (Lipinski definition) is 3. The van der Waals surface area contributed by atoms with Crippen LogP contribution in [-0.2, 0) is 6.54 Å². The van der Waals surface area contributed by atoms with Gasteiger partial charge in [0.25, 0.3) is 5.91 Å². The molecule has 1 amide bonds. The predicted molar refractivity (Wildman–Crippen MR) is 132 cm³/mol. The Morgan fingerprint density at radius 2 is 1.79 bits per heavy atom. The van der Waals surface area contributed by atoms with Crippen LogP contribution in [0.25, 0.3) is 22.2 Å². The zero-order chi connectivity index (χ0) is 23.2. The number of nitrogens with zero attached hydrogens (tertiary/aromatic N) is 1. The van der Waals surface area contributed by atoms with Gasteiger partial charge < -0.3 is 19.0 Å². The predicted octanol–water partition coefficient (Wildman–Crippen LogP) is 6.49. The molecule has 3 aromatic carbocycles. The van der Waals surface area contributed by atoms with E-state index >= 15 is 0 Å². The molecule has 0 fully saturated rings. The van der Waals surface area contributed by atoms with Crippen LogP contribution in [0.3, 0.4) is 0 Å². The smallest absolute Gasteiger partial charge is 0.255 e. The van der Waals surface area contributed by atoms with Gasteiger partial charge in [-0.1, -0.05) is 48.5 Å². The lowest BCUT2D eigenvalue weighted by Crippen LogP contribution is -2.28. The molecule has 1 N–H and O–H groups in total. The minimum Gasteiger partial charge on any atom is -0.497 e. The number of benzene rings is 3. The summed E-state index contributed by atoms with van der Waals surface area (Å²) in [5.41, 5.74) is 5.83. The maximum absolute atomic E-state index is 13.7. The zero-order valence-corrected chi connectivity index (χ0v) is 19.0. The highest BCUT2D eigenvalue weighted by Crippen LogP contribution is 2.46. The van der Waals surface area contributed by atoms with Gasteiger partial charge in [0.1, 0.15) is 17.3 Å². The second-order valence-corrected chi connectivity index (χ2v) is 8.63. The van der Waals surface area contributed by atoms with Gasteiger partial charge in [-0.25, -0.2) is 0 Å². The Balaban J connectivity index is 1.60. The molecule has 0 bridgehead atoms. The average Bonchev–Trinajstić information content (AvgIpc) is 3.54. The van der Waals surface area contributed by atoms with Crippen molar-refractivity contribution in [2.75, 3.05) is 7.11 Å². The topological polar surface area (TPSA) is 58.5 Å². The standard InChI is InChI=1S/C29H24N2O3/c1-18-14-15-21(34-18)17-31-28(22-10-3-4-11-23(22)29(31)32)26-24-12-5-6-13-25(24)30-27(26)19-8-7-9-20(16-19)33-2/h3-16,28,30H,17H2,1-2H3. The number of carbonyl (C=O) groups excluding carboxylic acids is 1. The first-order chi connectivity index (χ1) is 16.6. The van der Waals surface area contributed by atoms with Crippen LogP contribution < -0.4 is 4.74 Å². The first-order valence-corrected chi connectivity index (χ1v) is 11.3. The summed E-state index contributed by atoms with van der Waals surface area (Å²) in [6.45, 7) is 2.31. The SMILES string of the molecule is COc1cccc(-c2[nH]c3ccccc3c2C2c3ccccc3C(=O)N2Cc2ccc(C)o2)c1. The number of aromatic amines is 1. The van der Waals surface area contributed by atoms with Crippen LogP contribution in [0.2, 0.25) is 0 Å². The van der Waals surface area contributed by atoms with Gasteiger partial charge in [0, 0.05) is 27.6 Å². The summed E-state index contributed by atoms with van der Waals surface area (Å²) >= 11 is 0. The number of methoxy groups -OCH3 is 1. The fourth-order valence-electron chi connectivity index (χ4n) is 5.04. The summed E-state index contributed by atoms with van der Waals surface area (Å²) in [6, 6.07) is 27.8. The number of ether oxygens (including phenoxy) is 1. The number of hydrogen-bond donors (Lipinski definition) is 1. The summed E-state index contributed by atoms with van der Waals surface area (Å²) in [7, 11) is 1.67. The molecular weight excluding hydrogens is 424 g/mol. The maximum atomic E-state index is 13.7. The van der Waals surface area contributed by atoms with Crippen LogP contribution in [-0.4, -0.2) is 22.9 Å². The van der Waals surface area contributed by atoms with Gasteiger partial charge in [0.15, 0.2) is 0 Å². The number of carbonyl (C=O) groups is 1. The van der Waals surface area contributed by atoms with Crippen molar-refractivity contribution >= 4 is 16.8 Å². The van der Waals surface area contributed by atoms with E-state index in [2.05, 4.69) is 29.2 Å². The highest BCUT2D eigenvalue weighted by molar-refractivity contribution is 6.02. The van der Waals surface area contributed by atoms with Crippen molar-refractivity contribution in [3.8, 4) is 17.0 Å². The van der Waals surface area contributed by atoms with Gasteiger partial charge in [-0.05, 0) is 48.9 Å². The summed E-state index contributed by atoms with van der Waals surface area (Å²) in [4.78, 5) is 19.2. The number of para-hydroxylation sites is 1. The highest BCUT2D eigenvalue weighted by Gasteiger charge is 2.40. The van der Waals surface area contributed by atoms with Crippen LogP contribution in [0.4, 0.5) is 0 Å². The fraction of sp³-hybridized carbons (Fsp3) is 0.138. The molecule has 1 atom stereocenters. The van der Waals surface area contributed by atoms with E-state index in [0.717, 1.165) is 56.1 Å². The fourth-order valence-corrected chi connectivity index (χ4v) is 5.04. The number of furan rings is 1. The maximum Gasteiger partial charge on any atom is 0.255 e. The van der Waals surface area contributed by atoms with Crippen molar-refractivity contribution in [3.05, 3.63) is 113 Å². The van der Waals surface area contributed by atoms with Crippen LogP contribution in [0.5, 0.6) is 5.75 Å². The number of nitrogens with one attached hydrogen (secondary N) is 1. The second kappa shape index (κ2) is 7.96. The third kappa shape index (κ3) is 3.20. The Kier molecular flexibility index (Phi) is 4.77. The van der Waals surface area contributed by atoms with Crippen LogP contribution >= 0.6 is 0 Å². The quantitative estimate of drug-likeness (QED) is 0.334. The third-order valence-corrected chi connectivity index (χ3v) is 6.56. The molecule has 1 aliphatic heterocycles. The largest absolute Gasteiger partial charge is 0.497 e. The summed E-state index contributed by atoms with van der Waals surface area (Å²) in [5, 5.41) is 1.09. The Hall–Kier alpha value is -4.25. The van der Waals surface area contributed by atoms with Crippen molar-refractivity contribution in [2.45, 2.75) is 19.5 Å². The molecule has 0 saturated carbocycles. The Bertz CT molecular complexity index is 1530. The third-order valence-electron chi connectivity index (χ3n) is 6.56. The van der Waals surface area contributed by atoms with Gasteiger partial charge in [0.05, 0.1) is 25.4 Å². The lowest BCUT2D eigenvalue weighted by molar-refractivity contribution is 0.0723. The molecule has 5 heteroatoms. The monoisotopic (exact) mass is 448 g/mol. The van der Waals surface area contributed by atoms with E-state index in [1.807, 2.05) is 72.5 Å². The molecule has 3 heterocycles. The van der Waals surface area contributed by atoms with Crippen molar-refractivity contribution < 1.29 is 13.9 Å². The average molecular weight is 449 g/mol. The molecular formula is C29H24N2O3. The number of amides is 1. The molecule has 6 rings (SSSR count). The van der Waals surface area contributed by atoms with Gasteiger partial charge in [-0.15, -0.1) is 0 Å². The van der Waals surface area contributed by atoms with Gasteiger partial charge in [0.2, 0.25) is 0 Å². The molecule has 34 heavy (non-hydrogen) atoms. The van der Waals surface area contributed by atoms with Crippen molar-refractivity contribution in [2.24, 2.45) is 0 Å². The lowest BCUT2D eigenvalue weighted by atomic mass is 9.93. The van der Waals surface area contributed by atoms with Gasteiger partial charge in [-0.2, -0.15) is 0 Å². The van der Waals surface area contributed by atoms with E-state index in [1.165, 1.54) is 0 Å². The molecule has 5 aromatic rings. The molecule has 0 aliphatic carbocycles. The molecule has 0 radical (unpaired) electrons. The Morgan fingerprint density at radius 3 is 2.62 bits per heavy atom. The normalized spacial score (nSPS) is 15.2. The molecule has 0 spiro atoms. The van der Waals surface area contributed by atoms with E-state index in [9.17, 15) is 4.79 Å². The van der Waals surface area contributed by atoms with Gasteiger partial charge >= 0.3 is 0 Å². The number of fused-ring (bicyclic) bond motifs is 2. The van der Waals surface area contributed by atoms with E-state index < -0.39 is 0 Å². The first kappa shape index (κ1) is 20.4. The minimum absolute atomic E-state index is 0.0107. The molecule has 1 unspecified atom stereocenters. The minimum atomic E-state index is -0.258. The molecule has 5 nitrogen and oxygen atoms in total. The Labute approximate surface area is 197 Å². The van der Waals surface area contributed by atoms with E-state index in [4.69, 9.17) is 9.15 Å². The van der Waals surface area contributed by atoms with Crippen LogP contribution in [0, 0.1) is 6.92 Å². The van der Waals surface area contributed by atoms with Crippen molar-refractivity contribution in [1.29, 1.82) is 0 Å².